The van der Waals surface area contributed by atoms with Crippen LogP contribution in [-0.4, -0.2) is 33.8 Å². The van der Waals surface area contributed by atoms with Crippen molar-refractivity contribution in [1.29, 1.82) is 0 Å². The number of hydrogen-bond acceptors (Lipinski definition) is 4. The fourth-order valence-electron chi connectivity index (χ4n) is 1.62. The fraction of sp³-hybridized carbons (Fsp3) is 0.250. The molecule has 2 heterocycles. The highest BCUT2D eigenvalue weighted by Gasteiger charge is 2.14. The molecule has 2 rings (SSSR count). The second-order valence-electron chi connectivity index (χ2n) is 3.79. The van der Waals surface area contributed by atoms with Gasteiger partial charge in [0, 0.05) is 19.3 Å². The van der Waals surface area contributed by atoms with E-state index in [9.17, 15) is 4.79 Å². The highest BCUT2D eigenvalue weighted by molar-refractivity contribution is 5.95. The van der Waals surface area contributed by atoms with E-state index in [1.165, 1.54) is 6.20 Å². The number of rotatable bonds is 4. The van der Waals surface area contributed by atoms with Crippen molar-refractivity contribution in [3.8, 4) is 5.82 Å². The SMILES string of the molecule is Cc1c(C(=O)NCCN)cnn1-c1ccccn1. The lowest BCUT2D eigenvalue weighted by atomic mass is 10.2. The standard InChI is InChI=1S/C12H15N5O/c1-9-10(12(18)15-7-5-13)8-16-17(9)11-4-2-3-6-14-11/h2-4,6,8H,5,7,13H2,1H3,(H,15,18). The van der Waals surface area contributed by atoms with Crippen LogP contribution in [0.4, 0.5) is 0 Å². The summed E-state index contributed by atoms with van der Waals surface area (Å²) in [5.41, 5.74) is 6.63. The average molecular weight is 245 g/mol. The molecule has 3 N–H and O–H groups in total. The molecular formula is C12H15N5O. The molecule has 2 aromatic rings. The zero-order chi connectivity index (χ0) is 13.0. The third kappa shape index (κ3) is 2.38. The van der Waals surface area contributed by atoms with Gasteiger partial charge in [-0.15, -0.1) is 0 Å². The van der Waals surface area contributed by atoms with Crippen LogP contribution in [0.5, 0.6) is 0 Å². The normalized spacial score (nSPS) is 10.3. The summed E-state index contributed by atoms with van der Waals surface area (Å²) in [4.78, 5) is 16.0. The molecule has 0 aliphatic carbocycles. The Kier molecular flexibility index (Phi) is 3.69. The summed E-state index contributed by atoms with van der Waals surface area (Å²) in [6.45, 7) is 2.70. The van der Waals surface area contributed by atoms with Crippen LogP contribution in [0.25, 0.3) is 5.82 Å². The summed E-state index contributed by atoms with van der Waals surface area (Å²) in [5.74, 6) is 0.521. The first-order valence-corrected chi connectivity index (χ1v) is 5.68. The van der Waals surface area contributed by atoms with Gasteiger partial charge in [-0.05, 0) is 19.1 Å². The molecule has 0 aliphatic heterocycles. The third-order valence-corrected chi connectivity index (χ3v) is 2.55. The average Bonchev–Trinajstić information content (AvgIpc) is 2.79. The Balaban J connectivity index is 2.27. The van der Waals surface area contributed by atoms with Crippen LogP contribution in [0.1, 0.15) is 16.1 Å². The minimum absolute atomic E-state index is 0.167. The van der Waals surface area contributed by atoms with E-state index in [4.69, 9.17) is 5.73 Å². The van der Waals surface area contributed by atoms with E-state index in [2.05, 4.69) is 15.4 Å². The molecule has 0 aliphatic rings. The van der Waals surface area contributed by atoms with Crippen molar-refractivity contribution in [1.82, 2.24) is 20.1 Å². The van der Waals surface area contributed by atoms with Gasteiger partial charge < -0.3 is 11.1 Å². The van der Waals surface area contributed by atoms with Crippen molar-refractivity contribution in [3.05, 3.63) is 41.9 Å². The molecule has 2 aromatic heterocycles. The Morgan fingerprint density at radius 1 is 1.50 bits per heavy atom. The van der Waals surface area contributed by atoms with Crippen molar-refractivity contribution in [3.63, 3.8) is 0 Å². The van der Waals surface area contributed by atoms with Crippen molar-refractivity contribution in [2.75, 3.05) is 13.1 Å². The molecule has 0 atom stereocenters. The van der Waals surface area contributed by atoms with E-state index >= 15 is 0 Å². The van der Waals surface area contributed by atoms with Gasteiger partial charge in [0.25, 0.3) is 5.91 Å². The number of nitrogens with zero attached hydrogens (tertiary/aromatic N) is 3. The predicted octanol–water partition coefficient (Wildman–Crippen LogP) is 0.264. The first kappa shape index (κ1) is 12.3. The third-order valence-electron chi connectivity index (χ3n) is 2.55. The van der Waals surface area contributed by atoms with Crippen LogP contribution in [-0.2, 0) is 0 Å². The largest absolute Gasteiger partial charge is 0.351 e. The maximum absolute atomic E-state index is 11.8. The van der Waals surface area contributed by atoms with E-state index in [-0.39, 0.29) is 5.91 Å². The Morgan fingerprint density at radius 2 is 2.33 bits per heavy atom. The number of amides is 1. The van der Waals surface area contributed by atoms with E-state index in [0.29, 0.717) is 24.5 Å². The van der Waals surface area contributed by atoms with E-state index < -0.39 is 0 Å². The molecule has 0 unspecified atom stereocenters. The molecule has 0 aromatic carbocycles. The van der Waals surface area contributed by atoms with Crippen molar-refractivity contribution in [2.24, 2.45) is 5.73 Å². The minimum Gasteiger partial charge on any atom is -0.351 e. The lowest BCUT2D eigenvalue weighted by Gasteiger charge is -2.04. The quantitative estimate of drug-likeness (QED) is 0.809. The van der Waals surface area contributed by atoms with E-state index in [1.54, 1.807) is 10.9 Å². The number of aromatic nitrogens is 3. The summed E-state index contributed by atoms with van der Waals surface area (Å²) >= 11 is 0. The topological polar surface area (TPSA) is 85.8 Å². The van der Waals surface area contributed by atoms with Gasteiger partial charge in [-0.3, -0.25) is 4.79 Å². The zero-order valence-electron chi connectivity index (χ0n) is 10.1. The lowest BCUT2D eigenvalue weighted by Crippen LogP contribution is -2.29. The van der Waals surface area contributed by atoms with Crippen LogP contribution < -0.4 is 11.1 Å². The summed E-state index contributed by atoms with van der Waals surface area (Å²) in [7, 11) is 0. The number of pyridine rings is 1. The minimum atomic E-state index is -0.167. The maximum Gasteiger partial charge on any atom is 0.254 e. The summed E-state index contributed by atoms with van der Waals surface area (Å²) in [6, 6.07) is 5.54. The van der Waals surface area contributed by atoms with Gasteiger partial charge in [0.1, 0.15) is 0 Å². The first-order valence-electron chi connectivity index (χ1n) is 5.68. The summed E-state index contributed by atoms with van der Waals surface area (Å²) in [5, 5.41) is 6.89. The van der Waals surface area contributed by atoms with Gasteiger partial charge in [0.15, 0.2) is 5.82 Å². The van der Waals surface area contributed by atoms with Crippen LogP contribution in [0.2, 0.25) is 0 Å². The van der Waals surface area contributed by atoms with Crippen LogP contribution >= 0.6 is 0 Å². The highest BCUT2D eigenvalue weighted by Crippen LogP contribution is 2.11. The molecule has 0 radical (unpaired) electrons. The van der Waals surface area contributed by atoms with Gasteiger partial charge in [0.05, 0.1) is 17.5 Å². The molecular weight excluding hydrogens is 230 g/mol. The molecule has 0 spiro atoms. The van der Waals surface area contributed by atoms with Crippen molar-refractivity contribution < 1.29 is 4.79 Å². The monoisotopic (exact) mass is 245 g/mol. The van der Waals surface area contributed by atoms with Gasteiger partial charge in [0.2, 0.25) is 0 Å². The maximum atomic E-state index is 11.8. The summed E-state index contributed by atoms with van der Waals surface area (Å²) in [6.07, 6.45) is 3.22. The number of nitrogens with two attached hydrogens (primary N) is 1. The van der Waals surface area contributed by atoms with Crippen LogP contribution in [0, 0.1) is 6.92 Å². The smallest absolute Gasteiger partial charge is 0.254 e. The fourth-order valence-corrected chi connectivity index (χ4v) is 1.62. The van der Waals surface area contributed by atoms with Gasteiger partial charge >= 0.3 is 0 Å². The van der Waals surface area contributed by atoms with Crippen molar-refractivity contribution >= 4 is 5.91 Å². The zero-order valence-corrected chi connectivity index (χ0v) is 10.1. The second kappa shape index (κ2) is 5.42. The molecule has 6 heteroatoms. The number of hydrogen-bond donors (Lipinski definition) is 2. The highest BCUT2D eigenvalue weighted by atomic mass is 16.1. The predicted molar refractivity (Wildman–Crippen MR) is 67.5 cm³/mol. The molecule has 1 amide bonds. The Labute approximate surface area is 105 Å². The summed E-state index contributed by atoms with van der Waals surface area (Å²) < 4.78 is 1.64. The Morgan fingerprint density at radius 3 is 3.00 bits per heavy atom. The molecule has 0 bridgehead atoms. The molecule has 0 saturated heterocycles. The first-order chi connectivity index (χ1) is 8.74. The van der Waals surface area contributed by atoms with Gasteiger partial charge in [-0.2, -0.15) is 5.10 Å². The van der Waals surface area contributed by atoms with E-state index in [1.807, 2.05) is 25.1 Å². The number of nitrogens with one attached hydrogen (secondary N) is 1. The molecule has 94 valence electrons. The van der Waals surface area contributed by atoms with Crippen LogP contribution in [0.15, 0.2) is 30.6 Å². The van der Waals surface area contributed by atoms with E-state index in [0.717, 1.165) is 5.69 Å². The van der Waals surface area contributed by atoms with Crippen molar-refractivity contribution in [2.45, 2.75) is 6.92 Å². The number of carbonyl (C=O) groups is 1. The Bertz CT molecular complexity index is 535. The molecule has 18 heavy (non-hydrogen) atoms. The van der Waals surface area contributed by atoms with Crippen LogP contribution in [0.3, 0.4) is 0 Å². The Hall–Kier alpha value is -2.21. The molecule has 0 fully saturated rings. The molecule has 0 saturated carbocycles. The number of carbonyl (C=O) groups excluding carboxylic acids is 1. The second-order valence-corrected chi connectivity index (χ2v) is 3.79. The van der Waals surface area contributed by atoms with Gasteiger partial charge in [-0.25, -0.2) is 9.67 Å². The molecule has 6 nitrogen and oxygen atoms in total. The lowest BCUT2D eigenvalue weighted by molar-refractivity contribution is 0.0954. The van der Waals surface area contributed by atoms with Gasteiger partial charge in [-0.1, -0.05) is 6.07 Å².